The Hall–Kier alpha value is -2.76. The van der Waals surface area contributed by atoms with Crippen LogP contribution in [0.1, 0.15) is 70.3 Å². The minimum Gasteiger partial charge on any atom is -0.393 e. The molecule has 5 rings (SSSR count). The molecule has 0 bridgehead atoms. The molecule has 0 saturated heterocycles. The van der Waals surface area contributed by atoms with Crippen molar-refractivity contribution in [1.29, 1.82) is 0 Å². The number of nitrogens with one attached hydrogen (secondary N) is 3. The maximum atomic E-state index is 12.7. The minimum absolute atomic E-state index is 0.0351. The maximum Gasteiger partial charge on any atom is 0.227 e. The Morgan fingerprint density at radius 2 is 1.70 bits per heavy atom. The summed E-state index contributed by atoms with van der Waals surface area (Å²) in [5, 5.41) is 16.6. The quantitative estimate of drug-likeness (QED) is 0.327. The lowest BCUT2D eigenvalue weighted by Crippen LogP contribution is -2.36. The summed E-state index contributed by atoms with van der Waals surface area (Å²) >= 11 is 0. The van der Waals surface area contributed by atoms with Gasteiger partial charge < -0.3 is 20.3 Å². The number of aromatic nitrogens is 4. The van der Waals surface area contributed by atoms with Gasteiger partial charge in [0, 0.05) is 24.3 Å². The normalized spacial score (nSPS) is 21.2. The fourth-order valence-electron chi connectivity index (χ4n) is 5.29. The van der Waals surface area contributed by atoms with E-state index in [9.17, 15) is 13.5 Å². The van der Waals surface area contributed by atoms with Crippen LogP contribution in [0, 0.1) is 0 Å². The number of anilines is 3. The smallest absolute Gasteiger partial charge is 0.227 e. The highest BCUT2D eigenvalue weighted by Gasteiger charge is 2.22. The Kier molecular flexibility index (Phi) is 7.92. The van der Waals surface area contributed by atoms with Gasteiger partial charge in [0.15, 0.2) is 17.0 Å². The average Bonchev–Trinajstić information content (AvgIpc) is 3.30. The molecule has 0 radical (unpaired) electrons. The molecule has 10 nitrogen and oxygen atoms in total. The molecular weight excluding hydrogens is 490 g/mol. The molecule has 2 aliphatic rings. The van der Waals surface area contributed by atoms with Crippen molar-refractivity contribution in [2.45, 2.75) is 95.2 Å². The van der Waals surface area contributed by atoms with E-state index in [1.54, 1.807) is 6.33 Å². The van der Waals surface area contributed by atoms with Gasteiger partial charge in [0.1, 0.15) is 0 Å². The van der Waals surface area contributed by atoms with Crippen LogP contribution in [0.3, 0.4) is 0 Å². The second-order valence-electron chi connectivity index (χ2n) is 10.3. The van der Waals surface area contributed by atoms with Crippen molar-refractivity contribution in [2.75, 3.05) is 10.6 Å². The predicted octanol–water partition coefficient (Wildman–Crippen LogP) is 4.06. The van der Waals surface area contributed by atoms with E-state index in [-0.39, 0.29) is 23.9 Å². The van der Waals surface area contributed by atoms with Gasteiger partial charge in [0.25, 0.3) is 0 Å². The molecule has 200 valence electrons. The average molecular weight is 528 g/mol. The van der Waals surface area contributed by atoms with E-state index in [0.29, 0.717) is 17.3 Å². The van der Waals surface area contributed by atoms with Crippen molar-refractivity contribution in [2.24, 2.45) is 0 Å². The van der Waals surface area contributed by atoms with Crippen molar-refractivity contribution < 1.29 is 13.5 Å². The molecule has 0 atom stereocenters. The van der Waals surface area contributed by atoms with Gasteiger partial charge in [-0.2, -0.15) is 9.97 Å². The zero-order valence-electron chi connectivity index (χ0n) is 21.4. The Balaban J connectivity index is 1.30. The monoisotopic (exact) mass is 527 g/mol. The SMILES string of the molecule is CCn1cnc2c(Nc3ccc(CS(=O)(=O)NC4CCCCC4)cc3)nc(NC3CCC(O)CC3)nc21. The first-order valence-electron chi connectivity index (χ1n) is 13.4. The predicted molar refractivity (Wildman–Crippen MR) is 145 cm³/mol. The van der Waals surface area contributed by atoms with Crippen molar-refractivity contribution in [3.05, 3.63) is 36.2 Å². The van der Waals surface area contributed by atoms with Gasteiger partial charge in [0.05, 0.1) is 18.2 Å². The summed E-state index contributed by atoms with van der Waals surface area (Å²) < 4.78 is 30.2. The van der Waals surface area contributed by atoms with E-state index >= 15 is 0 Å². The van der Waals surface area contributed by atoms with E-state index in [0.717, 1.165) is 74.8 Å². The number of benzene rings is 1. The number of nitrogens with zero attached hydrogens (tertiary/aromatic N) is 4. The molecule has 2 fully saturated rings. The Bertz CT molecular complexity index is 1300. The summed E-state index contributed by atoms with van der Waals surface area (Å²) in [6.45, 7) is 2.78. The number of aryl methyl sites for hydroxylation is 1. The van der Waals surface area contributed by atoms with Gasteiger partial charge in [0.2, 0.25) is 16.0 Å². The lowest BCUT2D eigenvalue weighted by Gasteiger charge is -2.26. The number of imidazole rings is 1. The molecule has 3 aromatic rings. The molecule has 4 N–H and O–H groups in total. The van der Waals surface area contributed by atoms with Crippen molar-refractivity contribution in [3.63, 3.8) is 0 Å². The molecule has 37 heavy (non-hydrogen) atoms. The van der Waals surface area contributed by atoms with Crippen LogP contribution in [0.25, 0.3) is 11.2 Å². The third-order valence-corrected chi connectivity index (χ3v) is 8.77. The number of aliphatic hydroxyl groups excluding tert-OH is 1. The van der Waals surface area contributed by atoms with E-state index in [2.05, 4.69) is 20.3 Å². The highest BCUT2D eigenvalue weighted by atomic mass is 32.2. The van der Waals surface area contributed by atoms with Crippen molar-refractivity contribution in [3.8, 4) is 0 Å². The number of sulfonamides is 1. The molecular formula is C26H37N7O3S. The minimum atomic E-state index is -3.39. The number of hydrogen-bond acceptors (Lipinski definition) is 8. The number of aliphatic hydroxyl groups is 1. The Labute approximate surface area is 218 Å². The van der Waals surface area contributed by atoms with E-state index in [1.165, 1.54) is 6.42 Å². The van der Waals surface area contributed by atoms with Gasteiger partial charge >= 0.3 is 0 Å². The molecule has 2 heterocycles. The third kappa shape index (κ3) is 6.58. The maximum absolute atomic E-state index is 12.7. The van der Waals surface area contributed by atoms with Crippen molar-refractivity contribution in [1.82, 2.24) is 24.2 Å². The van der Waals surface area contributed by atoms with E-state index in [1.807, 2.05) is 35.8 Å². The molecule has 11 heteroatoms. The number of hydrogen-bond donors (Lipinski definition) is 4. The Morgan fingerprint density at radius 3 is 2.41 bits per heavy atom. The summed E-state index contributed by atoms with van der Waals surface area (Å²) in [5.74, 6) is 1.09. The second-order valence-corrected chi connectivity index (χ2v) is 12.0. The molecule has 0 spiro atoms. The molecule has 2 aromatic heterocycles. The van der Waals surface area contributed by atoms with Gasteiger partial charge in [-0.05, 0) is 63.1 Å². The van der Waals surface area contributed by atoms with Gasteiger partial charge in [-0.3, -0.25) is 0 Å². The lowest BCUT2D eigenvalue weighted by atomic mass is 9.93. The molecule has 2 aliphatic carbocycles. The second kappa shape index (κ2) is 11.3. The van der Waals surface area contributed by atoms with Crippen LogP contribution in [0.2, 0.25) is 0 Å². The zero-order chi connectivity index (χ0) is 25.8. The first-order chi connectivity index (χ1) is 17.9. The molecule has 0 amide bonds. The van der Waals surface area contributed by atoms with Gasteiger partial charge in [-0.25, -0.2) is 18.1 Å². The largest absolute Gasteiger partial charge is 0.393 e. The van der Waals surface area contributed by atoms with Crippen LogP contribution >= 0.6 is 0 Å². The molecule has 0 unspecified atom stereocenters. The molecule has 2 saturated carbocycles. The number of fused-ring (bicyclic) bond motifs is 1. The fraction of sp³-hybridized carbons (Fsp3) is 0.577. The summed E-state index contributed by atoms with van der Waals surface area (Å²) in [4.78, 5) is 14.0. The van der Waals surface area contributed by atoms with Crippen LogP contribution in [0.15, 0.2) is 30.6 Å². The van der Waals surface area contributed by atoms with Crippen molar-refractivity contribution >= 4 is 38.6 Å². The van der Waals surface area contributed by atoms with Crippen LogP contribution in [0.4, 0.5) is 17.5 Å². The summed E-state index contributed by atoms with van der Waals surface area (Å²) in [7, 11) is -3.39. The number of rotatable bonds is 9. The van der Waals surface area contributed by atoms with Gasteiger partial charge in [-0.15, -0.1) is 0 Å². The van der Waals surface area contributed by atoms with Crippen LogP contribution < -0.4 is 15.4 Å². The first-order valence-corrected chi connectivity index (χ1v) is 15.1. The van der Waals surface area contributed by atoms with Crippen LogP contribution in [0.5, 0.6) is 0 Å². The third-order valence-electron chi connectivity index (χ3n) is 7.36. The molecule has 1 aromatic carbocycles. The fourth-order valence-corrected chi connectivity index (χ4v) is 6.74. The first kappa shape index (κ1) is 25.9. The summed E-state index contributed by atoms with van der Waals surface area (Å²) in [6, 6.07) is 7.67. The highest BCUT2D eigenvalue weighted by molar-refractivity contribution is 7.88. The topological polar surface area (TPSA) is 134 Å². The highest BCUT2D eigenvalue weighted by Crippen LogP contribution is 2.27. The lowest BCUT2D eigenvalue weighted by molar-refractivity contribution is 0.126. The molecule has 0 aliphatic heterocycles. The van der Waals surface area contributed by atoms with Gasteiger partial charge in [-0.1, -0.05) is 31.4 Å². The van der Waals surface area contributed by atoms with E-state index in [4.69, 9.17) is 9.97 Å². The van der Waals surface area contributed by atoms with Crippen LogP contribution in [-0.2, 0) is 22.3 Å². The summed E-state index contributed by atoms with van der Waals surface area (Å²) in [5.41, 5.74) is 2.95. The standard InChI is InChI=1S/C26H37N7O3S/c1-2-33-17-27-23-24(30-26(31-25(23)33)29-20-12-14-22(34)15-13-20)28-19-10-8-18(9-11-19)16-37(35,36)32-21-6-4-3-5-7-21/h8-11,17,20-22,32,34H,2-7,12-16H2,1H3,(H2,28,29,30,31). The zero-order valence-corrected chi connectivity index (χ0v) is 22.2. The summed E-state index contributed by atoms with van der Waals surface area (Å²) in [6.07, 6.45) is 10.0. The Morgan fingerprint density at radius 1 is 0.973 bits per heavy atom. The van der Waals surface area contributed by atoms with Crippen LogP contribution in [-0.4, -0.2) is 51.2 Å². The van der Waals surface area contributed by atoms with E-state index < -0.39 is 10.0 Å².